The molecule has 2 aliphatic heterocycles. The van der Waals surface area contributed by atoms with Crippen molar-refractivity contribution in [2.24, 2.45) is 0 Å². The van der Waals surface area contributed by atoms with Gasteiger partial charge < -0.3 is 31.7 Å². The number of hydrogen-bond donors (Lipinski definition) is 6. The minimum absolute atomic E-state index is 0.0654. The quantitative estimate of drug-likeness (QED) is 0.124. The number of anilines is 1. The van der Waals surface area contributed by atoms with Crippen LogP contribution in [0.5, 0.6) is 5.75 Å². The average Bonchev–Trinajstić information content (AvgIpc) is 3.70. The van der Waals surface area contributed by atoms with Crippen molar-refractivity contribution in [1.82, 2.24) is 31.2 Å². The van der Waals surface area contributed by atoms with Crippen LogP contribution in [-0.4, -0.2) is 58.0 Å². The van der Waals surface area contributed by atoms with Crippen molar-refractivity contribution in [3.8, 4) is 28.1 Å². The molecule has 48 heavy (non-hydrogen) atoms. The van der Waals surface area contributed by atoms with Crippen LogP contribution in [0.2, 0.25) is 10.0 Å². The van der Waals surface area contributed by atoms with E-state index >= 15 is 0 Å². The molecule has 11 nitrogen and oxygen atoms in total. The number of carbonyl (C=O) groups is 3. The van der Waals surface area contributed by atoms with Gasteiger partial charge in [0.15, 0.2) is 0 Å². The van der Waals surface area contributed by atoms with Gasteiger partial charge in [-0.1, -0.05) is 53.5 Å². The van der Waals surface area contributed by atoms with Crippen LogP contribution in [-0.2, 0) is 22.7 Å². The fourth-order valence-corrected chi connectivity index (χ4v) is 6.43. The van der Waals surface area contributed by atoms with Crippen molar-refractivity contribution in [3.05, 3.63) is 93.9 Å². The van der Waals surface area contributed by atoms with Gasteiger partial charge in [-0.05, 0) is 42.7 Å². The summed E-state index contributed by atoms with van der Waals surface area (Å²) < 4.78 is 0. The Morgan fingerprint density at radius 3 is 2.21 bits per heavy atom. The normalized spacial score (nSPS) is 17.3. The van der Waals surface area contributed by atoms with E-state index in [1.165, 1.54) is 0 Å². The number of halogens is 2. The molecule has 13 heteroatoms. The van der Waals surface area contributed by atoms with Gasteiger partial charge >= 0.3 is 0 Å². The van der Waals surface area contributed by atoms with Crippen molar-refractivity contribution in [2.75, 3.05) is 18.4 Å². The van der Waals surface area contributed by atoms with Crippen molar-refractivity contribution in [2.45, 2.75) is 50.9 Å². The Morgan fingerprint density at radius 1 is 0.854 bits per heavy atom. The molecule has 0 bridgehead atoms. The van der Waals surface area contributed by atoms with Crippen LogP contribution in [0.3, 0.4) is 0 Å². The average molecular weight is 689 g/mol. The molecule has 4 heterocycles. The standard InChI is InChI=1S/C35H35Cl2N7O4/c36-32-25(2-1-3-27(32)44-35(48)28-9-4-20(16-41-28)15-38-18-23-7-10-30(46)42-23)26-12-13-40-34(33(26)37)21-5-6-22(29(45)14-21)17-39-19-24-8-11-31(47)43-24/h1-6,9,12-14,16,23-24,38-39,45H,7-8,10-11,15,17-19H2,(H,42,46)(H,43,47)(H,44,48)/t23-,24-/m0/s1. The minimum atomic E-state index is -0.415. The lowest BCUT2D eigenvalue weighted by molar-refractivity contribution is -0.120. The number of phenols is 1. The van der Waals surface area contributed by atoms with Gasteiger partial charge in [-0.2, -0.15) is 0 Å². The van der Waals surface area contributed by atoms with E-state index in [-0.39, 0.29) is 35.3 Å². The molecule has 2 aliphatic rings. The Labute approximate surface area is 287 Å². The highest BCUT2D eigenvalue weighted by atomic mass is 35.5. The summed E-state index contributed by atoms with van der Waals surface area (Å²) in [5.41, 5.74) is 4.55. The number of rotatable bonds is 12. The van der Waals surface area contributed by atoms with E-state index in [2.05, 4.69) is 36.6 Å². The lowest BCUT2D eigenvalue weighted by Crippen LogP contribution is -2.35. The number of hydrogen-bond acceptors (Lipinski definition) is 8. The SMILES string of the molecule is O=C1CC[C@@H](CNCc2ccc(C(=O)Nc3cccc(-c4ccnc(-c5ccc(CNC[C@@H]6CCC(=O)N6)c(O)c5)c4Cl)c3Cl)nc2)N1. The summed E-state index contributed by atoms with van der Waals surface area (Å²) in [6.07, 6.45) is 5.98. The zero-order valence-electron chi connectivity index (χ0n) is 26.0. The molecule has 6 N–H and O–H groups in total. The summed E-state index contributed by atoms with van der Waals surface area (Å²) in [6.45, 7) is 2.29. The van der Waals surface area contributed by atoms with Crippen LogP contribution in [0, 0.1) is 0 Å². The Kier molecular flexibility index (Phi) is 10.5. The first-order valence-corrected chi connectivity index (χ1v) is 16.5. The predicted molar refractivity (Wildman–Crippen MR) is 185 cm³/mol. The topological polar surface area (TPSA) is 157 Å². The number of phenolic OH excluding ortho intramolecular Hbond substituents is 1. The zero-order valence-corrected chi connectivity index (χ0v) is 27.5. The number of carbonyl (C=O) groups excluding carboxylic acids is 3. The predicted octanol–water partition coefficient (Wildman–Crippen LogP) is 4.81. The molecule has 2 saturated heterocycles. The summed E-state index contributed by atoms with van der Waals surface area (Å²) in [4.78, 5) is 44.7. The minimum Gasteiger partial charge on any atom is -0.508 e. The molecule has 2 fully saturated rings. The molecule has 0 spiro atoms. The van der Waals surface area contributed by atoms with Crippen molar-refractivity contribution < 1.29 is 19.5 Å². The highest BCUT2D eigenvalue weighted by Crippen LogP contribution is 2.41. The fraction of sp³-hybridized carbons (Fsp3) is 0.286. The molecular formula is C35H35Cl2N7O4. The van der Waals surface area contributed by atoms with Gasteiger partial charge in [0, 0.05) is 85.8 Å². The van der Waals surface area contributed by atoms with Crippen LogP contribution in [0.25, 0.3) is 22.4 Å². The lowest BCUT2D eigenvalue weighted by atomic mass is 10.0. The van der Waals surface area contributed by atoms with Gasteiger partial charge in [0.1, 0.15) is 11.4 Å². The second-order valence-corrected chi connectivity index (χ2v) is 12.7. The summed E-state index contributed by atoms with van der Waals surface area (Å²) >= 11 is 13.7. The summed E-state index contributed by atoms with van der Waals surface area (Å²) in [5.74, 6) is -0.171. The van der Waals surface area contributed by atoms with E-state index in [1.54, 1.807) is 48.8 Å². The number of pyridine rings is 2. The maximum absolute atomic E-state index is 13.1. The third-order valence-corrected chi connectivity index (χ3v) is 9.23. The maximum Gasteiger partial charge on any atom is 0.274 e. The maximum atomic E-state index is 13.1. The van der Waals surface area contributed by atoms with Gasteiger partial charge in [-0.3, -0.25) is 24.4 Å². The molecule has 2 aromatic carbocycles. The molecule has 0 unspecified atom stereocenters. The number of nitrogens with zero attached hydrogens (tertiary/aromatic N) is 2. The first-order valence-electron chi connectivity index (χ1n) is 15.8. The summed E-state index contributed by atoms with van der Waals surface area (Å²) in [6, 6.07) is 16.0. The molecule has 0 aliphatic carbocycles. The van der Waals surface area contributed by atoms with Gasteiger partial charge in [0.05, 0.1) is 21.4 Å². The van der Waals surface area contributed by atoms with Crippen molar-refractivity contribution in [1.29, 1.82) is 0 Å². The lowest BCUT2D eigenvalue weighted by Gasteiger charge is -2.15. The van der Waals surface area contributed by atoms with Crippen LogP contribution in [0.15, 0.2) is 67.0 Å². The zero-order chi connectivity index (χ0) is 33.6. The van der Waals surface area contributed by atoms with E-state index in [0.29, 0.717) is 82.7 Å². The molecular weight excluding hydrogens is 653 g/mol. The van der Waals surface area contributed by atoms with Crippen LogP contribution >= 0.6 is 23.2 Å². The number of amides is 3. The Bertz CT molecular complexity index is 1840. The first-order chi connectivity index (χ1) is 23.2. The van der Waals surface area contributed by atoms with E-state index in [9.17, 15) is 19.5 Å². The Hall–Kier alpha value is -4.55. The molecule has 4 aromatic rings. The van der Waals surface area contributed by atoms with E-state index in [4.69, 9.17) is 23.2 Å². The third-order valence-electron chi connectivity index (χ3n) is 8.44. The molecule has 248 valence electrons. The van der Waals surface area contributed by atoms with E-state index < -0.39 is 5.91 Å². The van der Waals surface area contributed by atoms with Gasteiger partial charge in [-0.15, -0.1) is 0 Å². The largest absolute Gasteiger partial charge is 0.508 e. The fourth-order valence-electron chi connectivity index (χ4n) is 5.83. The molecule has 6 rings (SSSR count). The number of aromatic hydroxyl groups is 1. The monoisotopic (exact) mass is 687 g/mol. The second-order valence-electron chi connectivity index (χ2n) is 11.9. The smallest absolute Gasteiger partial charge is 0.274 e. The van der Waals surface area contributed by atoms with Crippen molar-refractivity contribution >= 4 is 46.6 Å². The molecule has 2 atom stereocenters. The number of nitrogens with one attached hydrogen (secondary N) is 5. The summed E-state index contributed by atoms with van der Waals surface area (Å²) in [7, 11) is 0. The van der Waals surface area contributed by atoms with E-state index in [1.807, 2.05) is 18.2 Å². The van der Waals surface area contributed by atoms with Crippen LogP contribution in [0.4, 0.5) is 5.69 Å². The number of aromatic nitrogens is 2. The molecule has 0 saturated carbocycles. The van der Waals surface area contributed by atoms with E-state index in [0.717, 1.165) is 18.4 Å². The van der Waals surface area contributed by atoms with Crippen LogP contribution < -0.4 is 26.6 Å². The van der Waals surface area contributed by atoms with Gasteiger partial charge in [0.2, 0.25) is 11.8 Å². The first kappa shape index (κ1) is 33.4. The molecule has 0 radical (unpaired) electrons. The highest BCUT2D eigenvalue weighted by Gasteiger charge is 2.22. The third kappa shape index (κ3) is 7.94. The highest BCUT2D eigenvalue weighted by molar-refractivity contribution is 6.39. The van der Waals surface area contributed by atoms with Crippen molar-refractivity contribution in [3.63, 3.8) is 0 Å². The van der Waals surface area contributed by atoms with Crippen LogP contribution in [0.1, 0.15) is 47.3 Å². The van der Waals surface area contributed by atoms with Gasteiger partial charge in [-0.25, -0.2) is 0 Å². The molecule has 3 amide bonds. The van der Waals surface area contributed by atoms with Gasteiger partial charge in [0.25, 0.3) is 5.91 Å². The Morgan fingerprint density at radius 2 is 1.56 bits per heavy atom. The number of benzene rings is 2. The second kappa shape index (κ2) is 15.1. The molecule has 2 aromatic heterocycles. The Balaban J connectivity index is 1.10. The summed E-state index contributed by atoms with van der Waals surface area (Å²) in [5, 5.41) is 26.7.